The summed E-state index contributed by atoms with van der Waals surface area (Å²) in [5, 5.41) is 20.6. The lowest BCUT2D eigenvalue weighted by molar-refractivity contribution is -0.384. The Hall–Kier alpha value is -3.61. The molecule has 0 aliphatic carbocycles. The molecule has 0 amide bonds. The van der Waals surface area contributed by atoms with Crippen LogP contribution in [0.1, 0.15) is 5.56 Å². The Morgan fingerprint density at radius 1 is 1.22 bits per heavy atom. The van der Waals surface area contributed by atoms with Crippen LogP contribution in [0.2, 0.25) is 0 Å². The first kappa shape index (κ1) is 15.8. The van der Waals surface area contributed by atoms with Gasteiger partial charge in [0.2, 0.25) is 5.95 Å². The molecule has 0 spiro atoms. The fourth-order valence-electron chi connectivity index (χ4n) is 2.01. The highest BCUT2D eigenvalue weighted by molar-refractivity contribution is 5.81. The molecule has 4 N–H and O–H groups in total. The maximum Gasteiger partial charge on any atom is 0.282 e. The first-order valence-electron chi connectivity index (χ1n) is 6.16. The Labute approximate surface area is 130 Å². The predicted octanol–water partition coefficient (Wildman–Crippen LogP) is 1.11. The fraction of sp³-hybridized carbons (Fsp3) is 0.154. The van der Waals surface area contributed by atoms with Crippen molar-refractivity contribution in [3.63, 3.8) is 0 Å². The largest absolute Gasteiger partial charge is 0.493 e. The first-order valence-corrected chi connectivity index (χ1v) is 6.16. The SMILES string of the molecule is COc1cc(-c2nc(N)nc(N)c2C#N)c([N+](=O)[O-])cc1OC. The summed E-state index contributed by atoms with van der Waals surface area (Å²) in [6.45, 7) is 0. The van der Waals surface area contributed by atoms with Crippen LogP contribution in [0, 0.1) is 21.4 Å². The van der Waals surface area contributed by atoms with Crippen LogP contribution in [0.15, 0.2) is 12.1 Å². The van der Waals surface area contributed by atoms with E-state index in [0.717, 1.165) is 0 Å². The van der Waals surface area contributed by atoms with Crippen molar-refractivity contribution >= 4 is 17.5 Å². The Morgan fingerprint density at radius 2 is 1.83 bits per heavy atom. The second-order valence-corrected chi connectivity index (χ2v) is 4.28. The number of anilines is 2. The van der Waals surface area contributed by atoms with E-state index in [1.54, 1.807) is 0 Å². The number of nitro groups is 1. The Balaban J connectivity index is 2.88. The second-order valence-electron chi connectivity index (χ2n) is 4.28. The van der Waals surface area contributed by atoms with Crippen molar-refractivity contribution in [2.45, 2.75) is 0 Å². The van der Waals surface area contributed by atoms with Crippen molar-refractivity contribution in [3.8, 4) is 28.8 Å². The van der Waals surface area contributed by atoms with Gasteiger partial charge in [-0.3, -0.25) is 10.1 Å². The number of ether oxygens (including phenoxy) is 2. The maximum absolute atomic E-state index is 11.4. The second kappa shape index (κ2) is 6.02. The zero-order valence-corrected chi connectivity index (χ0v) is 12.2. The molecule has 0 fully saturated rings. The summed E-state index contributed by atoms with van der Waals surface area (Å²) >= 11 is 0. The van der Waals surface area contributed by atoms with Gasteiger partial charge in [-0.2, -0.15) is 10.2 Å². The molecule has 10 nitrogen and oxygen atoms in total. The summed E-state index contributed by atoms with van der Waals surface area (Å²) in [5.74, 6) is 0.0175. The monoisotopic (exact) mass is 316 g/mol. The summed E-state index contributed by atoms with van der Waals surface area (Å²) < 4.78 is 10.2. The molecular formula is C13H12N6O4. The maximum atomic E-state index is 11.4. The number of nitriles is 1. The van der Waals surface area contributed by atoms with Crippen molar-refractivity contribution in [2.75, 3.05) is 25.7 Å². The number of rotatable bonds is 4. The summed E-state index contributed by atoms with van der Waals surface area (Å²) in [7, 11) is 2.73. The third-order valence-corrected chi connectivity index (χ3v) is 3.02. The van der Waals surface area contributed by atoms with Gasteiger partial charge >= 0.3 is 0 Å². The normalized spacial score (nSPS) is 9.96. The zero-order valence-electron chi connectivity index (χ0n) is 12.2. The fourth-order valence-corrected chi connectivity index (χ4v) is 2.01. The molecule has 0 bridgehead atoms. The van der Waals surface area contributed by atoms with Gasteiger partial charge in [-0.15, -0.1) is 0 Å². The minimum absolute atomic E-state index is 0.0185. The molecule has 0 saturated carbocycles. The van der Waals surface area contributed by atoms with Crippen molar-refractivity contribution in [1.29, 1.82) is 5.26 Å². The van der Waals surface area contributed by atoms with Gasteiger partial charge in [0.05, 0.1) is 30.8 Å². The number of nitrogens with two attached hydrogens (primary N) is 2. The van der Waals surface area contributed by atoms with E-state index in [1.165, 1.54) is 26.4 Å². The summed E-state index contributed by atoms with van der Waals surface area (Å²) in [4.78, 5) is 18.3. The summed E-state index contributed by atoms with van der Waals surface area (Å²) in [5.41, 5.74) is 10.7. The van der Waals surface area contributed by atoms with Crippen LogP contribution >= 0.6 is 0 Å². The van der Waals surface area contributed by atoms with E-state index in [1.807, 2.05) is 6.07 Å². The number of nitrogen functional groups attached to an aromatic ring is 2. The number of hydrogen-bond donors (Lipinski definition) is 2. The van der Waals surface area contributed by atoms with Gasteiger partial charge in [-0.25, -0.2) is 4.98 Å². The summed E-state index contributed by atoms with van der Waals surface area (Å²) in [6, 6.07) is 4.32. The highest BCUT2D eigenvalue weighted by atomic mass is 16.6. The number of hydrogen-bond acceptors (Lipinski definition) is 9. The van der Waals surface area contributed by atoms with Gasteiger partial charge in [0.1, 0.15) is 23.1 Å². The number of nitro benzene ring substituents is 1. The van der Waals surface area contributed by atoms with Crippen molar-refractivity contribution < 1.29 is 14.4 Å². The molecule has 0 unspecified atom stereocenters. The van der Waals surface area contributed by atoms with Crippen molar-refractivity contribution in [1.82, 2.24) is 9.97 Å². The van der Waals surface area contributed by atoms with Gasteiger partial charge in [-0.1, -0.05) is 0 Å². The Bertz CT molecular complexity index is 830. The van der Waals surface area contributed by atoms with E-state index < -0.39 is 4.92 Å². The van der Waals surface area contributed by atoms with Gasteiger partial charge in [0, 0.05) is 6.07 Å². The highest BCUT2D eigenvalue weighted by Gasteiger charge is 2.25. The molecule has 118 valence electrons. The van der Waals surface area contributed by atoms with Crippen LogP contribution in [0.5, 0.6) is 11.5 Å². The third kappa shape index (κ3) is 2.75. The molecule has 1 aromatic carbocycles. The predicted molar refractivity (Wildman–Crippen MR) is 80.8 cm³/mol. The van der Waals surface area contributed by atoms with Gasteiger partial charge in [-0.05, 0) is 0 Å². The lowest BCUT2D eigenvalue weighted by Gasteiger charge is -2.11. The highest BCUT2D eigenvalue weighted by Crippen LogP contribution is 2.40. The van der Waals surface area contributed by atoms with Gasteiger partial charge in [0.15, 0.2) is 11.5 Å². The molecule has 0 aliphatic rings. The third-order valence-electron chi connectivity index (χ3n) is 3.02. The average Bonchev–Trinajstić information content (AvgIpc) is 2.52. The number of aromatic nitrogens is 2. The number of benzene rings is 1. The van der Waals surface area contributed by atoms with Gasteiger partial charge in [0.25, 0.3) is 5.69 Å². The van der Waals surface area contributed by atoms with Crippen LogP contribution in [0.4, 0.5) is 17.5 Å². The van der Waals surface area contributed by atoms with E-state index in [0.29, 0.717) is 0 Å². The standard InChI is InChI=1S/C13H12N6O4/c1-22-9-3-6(8(19(20)21)4-10(9)23-2)11-7(5-14)12(15)18-13(16)17-11/h3-4H,1-2H3,(H4,15,16,17,18). The Morgan fingerprint density at radius 3 is 2.35 bits per heavy atom. The van der Waals surface area contributed by atoms with E-state index in [9.17, 15) is 15.4 Å². The van der Waals surface area contributed by atoms with Crippen LogP contribution in [-0.4, -0.2) is 29.1 Å². The molecule has 2 aromatic rings. The molecule has 0 saturated heterocycles. The molecule has 0 radical (unpaired) electrons. The van der Waals surface area contributed by atoms with E-state index in [-0.39, 0.29) is 45.8 Å². The molecule has 23 heavy (non-hydrogen) atoms. The van der Waals surface area contributed by atoms with Crippen LogP contribution in [0.25, 0.3) is 11.3 Å². The van der Waals surface area contributed by atoms with Crippen LogP contribution in [-0.2, 0) is 0 Å². The molecule has 0 aliphatic heterocycles. The molecule has 1 heterocycles. The van der Waals surface area contributed by atoms with Crippen LogP contribution in [0.3, 0.4) is 0 Å². The molecule has 2 rings (SSSR count). The zero-order chi connectivity index (χ0) is 17.1. The van der Waals surface area contributed by atoms with Crippen LogP contribution < -0.4 is 20.9 Å². The topological polar surface area (TPSA) is 163 Å². The van der Waals surface area contributed by atoms with Gasteiger partial charge < -0.3 is 20.9 Å². The summed E-state index contributed by atoms with van der Waals surface area (Å²) in [6.07, 6.45) is 0. The minimum Gasteiger partial charge on any atom is -0.493 e. The number of nitrogens with zero attached hydrogens (tertiary/aromatic N) is 4. The van der Waals surface area contributed by atoms with Crippen molar-refractivity contribution in [2.24, 2.45) is 0 Å². The molecule has 0 atom stereocenters. The first-order chi connectivity index (χ1) is 10.9. The molecule has 1 aromatic heterocycles. The minimum atomic E-state index is -0.632. The Kier molecular flexibility index (Phi) is 4.13. The van der Waals surface area contributed by atoms with E-state index in [4.69, 9.17) is 20.9 Å². The smallest absolute Gasteiger partial charge is 0.282 e. The lowest BCUT2D eigenvalue weighted by atomic mass is 10.0. The number of methoxy groups -OCH3 is 2. The quantitative estimate of drug-likeness (QED) is 0.620. The van der Waals surface area contributed by atoms with Crippen molar-refractivity contribution in [3.05, 3.63) is 27.8 Å². The van der Waals surface area contributed by atoms with E-state index in [2.05, 4.69) is 9.97 Å². The molecular weight excluding hydrogens is 304 g/mol. The molecule has 10 heteroatoms. The average molecular weight is 316 g/mol. The van der Waals surface area contributed by atoms with E-state index >= 15 is 0 Å². The lowest BCUT2D eigenvalue weighted by Crippen LogP contribution is -2.06.